The van der Waals surface area contributed by atoms with Gasteiger partial charge < -0.3 is 14.4 Å². The van der Waals surface area contributed by atoms with Gasteiger partial charge in [-0.2, -0.15) is 5.10 Å². The molecule has 12 heteroatoms. The molecule has 1 saturated heterocycles. The van der Waals surface area contributed by atoms with Crippen molar-refractivity contribution in [3.63, 3.8) is 0 Å². The highest BCUT2D eigenvalue weighted by atomic mass is 79.9. The Kier molecular flexibility index (Phi) is 6.69. The number of likely N-dealkylation sites (tertiary alicyclic amines) is 1. The number of aromatic nitrogens is 4. The summed E-state index contributed by atoms with van der Waals surface area (Å²) in [6.07, 6.45) is 7.19. The largest absolute Gasteiger partial charge is 0.444 e. The van der Waals surface area contributed by atoms with Crippen LogP contribution in [-0.2, 0) is 31.7 Å². The molecule has 3 aromatic heterocycles. The summed E-state index contributed by atoms with van der Waals surface area (Å²) in [7, 11) is -4.06. The Hall–Kier alpha value is -3.74. The molecule has 1 unspecified atom stereocenters. The first-order valence-electron chi connectivity index (χ1n) is 15.6. The molecule has 1 atom stereocenters. The van der Waals surface area contributed by atoms with E-state index in [-0.39, 0.29) is 11.4 Å². The van der Waals surface area contributed by atoms with Gasteiger partial charge >= 0.3 is 6.09 Å². The molecule has 46 heavy (non-hydrogen) atoms. The Morgan fingerprint density at radius 2 is 1.89 bits per heavy atom. The summed E-state index contributed by atoms with van der Waals surface area (Å²) in [5.74, 6) is 0. The lowest BCUT2D eigenvalue weighted by Crippen LogP contribution is -2.38. The Morgan fingerprint density at radius 1 is 1.11 bits per heavy atom. The number of nitrogens with zero attached hydrogens (tertiary/aromatic N) is 5. The van der Waals surface area contributed by atoms with Crippen LogP contribution in [0.15, 0.2) is 70.4 Å². The minimum absolute atomic E-state index is 0.154. The zero-order chi connectivity index (χ0) is 32.0. The van der Waals surface area contributed by atoms with Crippen LogP contribution >= 0.6 is 15.9 Å². The lowest BCUT2D eigenvalue weighted by Gasteiger charge is -2.27. The lowest BCUT2D eigenvalue weighted by atomic mass is 9.87. The molecule has 2 fully saturated rings. The number of carbonyl (C=O) groups excluding carboxylic acids is 1. The van der Waals surface area contributed by atoms with Crippen molar-refractivity contribution >= 4 is 54.0 Å². The predicted molar refractivity (Wildman–Crippen MR) is 177 cm³/mol. The molecule has 0 radical (unpaired) electrons. The van der Waals surface area contributed by atoms with E-state index >= 15 is 0 Å². The molecule has 0 N–H and O–H groups in total. The molecule has 1 amide bonds. The van der Waals surface area contributed by atoms with Crippen molar-refractivity contribution in [2.24, 2.45) is 0 Å². The smallest absolute Gasteiger partial charge is 0.410 e. The number of halogens is 1. The average Bonchev–Trinajstić information content (AvgIpc) is 3.76. The molecule has 5 aromatic rings. The first kappa shape index (κ1) is 29.6. The molecule has 10 nitrogen and oxygen atoms in total. The second kappa shape index (κ2) is 10.4. The third kappa shape index (κ3) is 4.51. The normalized spacial score (nSPS) is 20.1. The zero-order valence-corrected chi connectivity index (χ0v) is 28.3. The second-order valence-corrected chi connectivity index (χ2v) is 16.0. The summed E-state index contributed by atoms with van der Waals surface area (Å²) in [6, 6.07) is 14.9. The van der Waals surface area contributed by atoms with Crippen molar-refractivity contribution in [1.82, 2.24) is 23.6 Å². The van der Waals surface area contributed by atoms with Gasteiger partial charge in [0.15, 0.2) is 5.65 Å². The van der Waals surface area contributed by atoms with Crippen molar-refractivity contribution in [1.29, 1.82) is 0 Å². The van der Waals surface area contributed by atoms with E-state index in [9.17, 15) is 13.2 Å². The number of rotatable bonds is 4. The number of pyridine rings is 1. The van der Waals surface area contributed by atoms with Crippen molar-refractivity contribution < 1.29 is 22.7 Å². The van der Waals surface area contributed by atoms with Crippen LogP contribution in [-0.4, -0.2) is 56.8 Å². The lowest BCUT2D eigenvalue weighted by molar-refractivity contribution is -0.0320. The van der Waals surface area contributed by atoms with Gasteiger partial charge in [-0.25, -0.2) is 22.2 Å². The topological polar surface area (TPSA) is 109 Å². The van der Waals surface area contributed by atoms with E-state index in [1.54, 1.807) is 41.4 Å². The van der Waals surface area contributed by atoms with Gasteiger partial charge in [-0.3, -0.25) is 4.68 Å². The minimum Gasteiger partial charge on any atom is -0.444 e. The molecule has 2 aliphatic heterocycles. The van der Waals surface area contributed by atoms with Crippen LogP contribution in [0.1, 0.15) is 63.6 Å². The molecule has 1 aliphatic carbocycles. The first-order valence-corrected chi connectivity index (χ1v) is 17.8. The van der Waals surface area contributed by atoms with Crippen LogP contribution in [0.4, 0.5) is 4.79 Å². The van der Waals surface area contributed by atoms with Crippen LogP contribution in [0.3, 0.4) is 0 Å². The molecule has 238 valence electrons. The van der Waals surface area contributed by atoms with Crippen LogP contribution in [0.25, 0.3) is 33.1 Å². The number of hydrogen-bond donors (Lipinski definition) is 0. The molecule has 3 aliphatic rings. The van der Waals surface area contributed by atoms with Gasteiger partial charge in [0, 0.05) is 46.6 Å². The second-order valence-electron chi connectivity index (χ2n) is 13.5. The molecule has 0 bridgehead atoms. The zero-order valence-electron chi connectivity index (χ0n) is 25.9. The van der Waals surface area contributed by atoms with E-state index in [4.69, 9.17) is 19.6 Å². The maximum Gasteiger partial charge on any atom is 0.410 e. The third-order valence-corrected chi connectivity index (χ3v) is 12.1. The van der Waals surface area contributed by atoms with Gasteiger partial charge in [0.1, 0.15) is 15.8 Å². The highest BCUT2D eigenvalue weighted by Crippen LogP contribution is 2.51. The number of hydrogen-bond acceptors (Lipinski definition) is 7. The van der Waals surface area contributed by atoms with Gasteiger partial charge in [-0.1, -0.05) is 24.3 Å². The Morgan fingerprint density at radius 3 is 2.61 bits per heavy atom. The fourth-order valence-electron chi connectivity index (χ4n) is 7.04. The van der Waals surface area contributed by atoms with Crippen molar-refractivity contribution in [2.75, 3.05) is 13.1 Å². The van der Waals surface area contributed by atoms with Crippen molar-refractivity contribution in [3.8, 4) is 11.1 Å². The Labute approximate surface area is 275 Å². The third-order valence-electron chi connectivity index (χ3n) is 9.39. The van der Waals surface area contributed by atoms with Gasteiger partial charge in [0.05, 0.1) is 35.8 Å². The van der Waals surface area contributed by atoms with E-state index < -0.39 is 27.3 Å². The summed E-state index contributed by atoms with van der Waals surface area (Å²) >= 11 is 3.75. The number of ether oxygens (including phenoxy) is 2. The highest BCUT2D eigenvalue weighted by Gasteiger charge is 2.50. The van der Waals surface area contributed by atoms with Gasteiger partial charge in [-0.05, 0) is 85.8 Å². The molecule has 5 heterocycles. The number of fused-ring (bicyclic) bond motifs is 5. The fourth-order valence-corrected chi connectivity index (χ4v) is 9.59. The summed E-state index contributed by atoms with van der Waals surface area (Å²) < 4.78 is 44.6. The molecular weight excluding hydrogens is 670 g/mol. The van der Waals surface area contributed by atoms with Crippen molar-refractivity contribution in [2.45, 2.75) is 75.2 Å². The maximum absolute atomic E-state index is 14.3. The molecule has 1 spiro atoms. The van der Waals surface area contributed by atoms with E-state index in [0.29, 0.717) is 46.8 Å². The van der Waals surface area contributed by atoms with Crippen LogP contribution in [0, 0.1) is 0 Å². The van der Waals surface area contributed by atoms with Crippen LogP contribution < -0.4 is 0 Å². The number of benzene rings is 2. The van der Waals surface area contributed by atoms with Crippen molar-refractivity contribution in [3.05, 3.63) is 76.7 Å². The Balaban J connectivity index is 1.35. The van der Waals surface area contributed by atoms with E-state index in [1.807, 2.05) is 33.0 Å². The molecular formula is C34H34BrN5O5S. The van der Waals surface area contributed by atoms with E-state index in [2.05, 4.69) is 32.7 Å². The van der Waals surface area contributed by atoms with E-state index in [1.165, 1.54) is 10.4 Å². The summed E-state index contributed by atoms with van der Waals surface area (Å²) in [5, 5.41) is 6.38. The maximum atomic E-state index is 14.3. The summed E-state index contributed by atoms with van der Waals surface area (Å²) in [4.78, 5) is 19.8. The summed E-state index contributed by atoms with van der Waals surface area (Å²) in [6.45, 7) is 6.58. The van der Waals surface area contributed by atoms with Crippen LogP contribution in [0.2, 0.25) is 0 Å². The summed E-state index contributed by atoms with van der Waals surface area (Å²) in [5.41, 5.74) is 3.16. The van der Waals surface area contributed by atoms with Gasteiger partial charge in [0.2, 0.25) is 0 Å². The molecule has 2 aromatic carbocycles. The number of amides is 1. The first-order chi connectivity index (χ1) is 22.0. The average molecular weight is 705 g/mol. The van der Waals surface area contributed by atoms with Crippen LogP contribution in [0.5, 0.6) is 0 Å². The monoisotopic (exact) mass is 703 g/mol. The minimum atomic E-state index is -4.06. The van der Waals surface area contributed by atoms with Gasteiger partial charge in [-0.15, -0.1) is 0 Å². The number of carbonyl (C=O) groups is 1. The quantitative estimate of drug-likeness (QED) is 0.196. The highest BCUT2D eigenvalue weighted by molar-refractivity contribution is 9.10. The fraction of sp³-hybridized carbons (Fsp3) is 0.382. The molecule has 8 rings (SSSR count). The predicted octanol–water partition coefficient (Wildman–Crippen LogP) is 7.14. The van der Waals surface area contributed by atoms with E-state index in [0.717, 1.165) is 40.4 Å². The van der Waals surface area contributed by atoms with Gasteiger partial charge in [0.25, 0.3) is 10.0 Å². The Bertz CT molecular complexity index is 2150. The molecule has 1 saturated carbocycles. The standard InChI is InChI=1S/C34H34BrN5O5S/c1-33(2,3)45-32(41)38-15-14-34(20-38)29-23(19-44-34)17-36-31-28(29)27(30(35)40(31)46(42,43)25-10-5-4-6-11-25)21-12-13-26-22(16-21)18-37-39(26)24-8-7-9-24/h4-6,10-13,16-18,24H,7-9,14-15,19-20H2,1-3H3. The SMILES string of the molecule is CC(C)(C)OC(=O)N1CCC2(C1)OCc1cnc3c(c(-c4ccc5c(cnn5C5CCC5)c4)c(Br)n3S(=O)(=O)c3ccccc3)c12.